The number of aromatic amines is 1. The molecule has 0 amide bonds. The fourth-order valence-corrected chi connectivity index (χ4v) is 1.07. The van der Waals surface area contributed by atoms with Gasteiger partial charge in [0.2, 0.25) is 0 Å². The van der Waals surface area contributed by atoms with Crippen molar-refractivity contribution < 1.29 is 0 Å². The molecule has 1 aromatic rings. The summed E-state index contributed by atoms with van der Waals surface area (Å²) in [5.41, 5.74) is 6.50. The molecule has 0 saturated carbocycles. The molecule has 1 atom stereocenters. The lowest BCUT2D eigenvalue weighted by Crippen LogP contribution is -2.21. The second kappa shape index (κ2) is 3.05. The second-order valence-electron chi connectivity index (χ2n) is 3.08. The number of nitrogen functional groups attached to an aromatic ring is 1. The van der Waals surface area contributed by atoms with E-state index < -0.39 is 0 Å². The maximum Gasteiger partial charge on any atom is 0.290 e. The van der Waals surface area contributed by atoms with Crippen LogP contribution in [0.3, 0.4) is 0 Å². The highest BCUT2D eigenvalue weighted by atomic mass is 16.1. The lowest BCUT2D eigenvalue weighted by molar-refractivity contribution is 0.463. The topological polar surface area (TPSA) is 63.8 Å². The van der Waals surface area contributed by atoms with E-state index in [0.29, 0.717) is 5.69 Å². The highest BCUT2D eigenvalue weighted by Gasteiger charge is 2.10. The second-order valence-corrected chi connectivity index (χ2v) is 3.08. The zero-order valence-corrected chi connectivity index (χ0v) is 7.72. The van der Waals surface area contributed by atoms with E-state index in [9.17, 15) is 4.79 Å². The molecule has 0 bridgehead atoms. The highest BCUT2D eigenvalue weighted by Crippen LogP contribution is 2.08. The van der Waals surface area contributed by atoms with Crippen molar-refractivity contribution in [1.29, 1.82) is 0 Å². The van der Waals surface area contributed by atoms with Crippen LogP contribution in [-0.4, -0.2) is 9.78 Å². The Morgan fingerprint density at radius 2 is 2.25 bits per heavy atom. The Bertz CT molecular complexity index is 324. The number of anilines is 1. The van der Waals surface area contributed by atoms with E-state index >= 15 is 0 Å². The first kappa shape index (κ1) is 8.90. The quantitative estimate of drug-likeness (QED) is 0.694. The van der Waals surface area contributed by atoms with Crippen LogP contribution in [0.25, 0.3) is 0 Å². The summed E-state index contributed by atoms with van der Waals surface area (Å²) >= 11 is 0. The van der Waals surface area contributed by atoms with Crippen LogP contribution in [0.2, 0.25) is 0 Å². The zero-order chi connectivity index (χ0) is 9.30. The smallest absolute Gasteiger partial charge is 0.290 e. The van der Waals surface area contributed by atoms with E-state index in [-0.39, 0.29) is 11.6 Å². The maximum atomic E-state index is 11.4. The summed E-state index contributed by atoms with van der Waals surface area (Å²) < 4.78 is 1.57. The first-order valence-electron chi connectivity index (χ1n) is 4.14. The predicted molar refractivity (Wildman–Crippen MR) is 49.2 cm³/mol. The van der Waals surface area contributed by atoms with Gasteiger partial charge in [-0.05, 0) is 20.3 Å². The first-order chi connectivity index (χ1) is 5.57. The van der Waals surface area contributed by atoms with Gasteiger partial charge in [-0.15, -0.1) is 0 Å². The van der Waals surface area contributed by atoms with Gasteiger partial charge < -0.3 is 5.73 Å². The lowest BCUT2D eigenvalue weighted by atomic mass is 10.3. The van der Waals surface area contributed by atoms with Crippen molar-refractivity contribution in [2.75, 3.05) is 5.73 Å². The van der Waals surface area contributed by atoms with E-state index in [4.69, 9.17) is 5.73 Å². The van der Waals surface area contributed by atoms with Gasteiger partial charge in [-0.3, -0.25) is 9.89 Å². The number of hydrogen-bond acceptors (Lipinski definition) is 2. The van der Waals surface area contributed by atoms with Gasteiger partial charge in [0.1, 0.15) is 5.69 Å². The van der Waals surface area contributed by atoms with E-state index in [1.807, 2.05) is 13.8 Å². The third kappa shape index (κ3) is 1.24. The normalized spacial score (nSPS) is 13.2. The summed E-state index contributed by atoms with van der Waals surface area (Å²) in [5, 5.41) is 2.94. The minimum absolute atomic E-state index is 0.109. The number of aryl methyl sites for hydroxylation is 1. The molecule has 1 unspecified atom stereocenters. The molecular formula is C8H15N3O. The molecule has 0 fully saturated rings. The van der Waals surface area contributed by atoms with E-state index in [0.717, 1.165) is 12.1 Å². The van der Waals surface area contributed by atoms with Gasteiger partial charge in [-0.2, -0.15) is 0 Å². The van der Waals surface area contributed by atoms with Crippen molar-refractivity contribution in [3.05, 3.63) is 16.0 Å². The average molecular weight is 169 g/mol. The summed E-state index contributed by atoms with van der Waals surface area (Å²) in [6, 6.07) is 0.188. The monoisotopic (exact) mass is 169 g/mol. The molecule has 1 heterocycles. The van der Waals surface area contributed by atoms with Crippen molar-refractivity contribution >= 4 is 5.69 Å². The minimum atomic E-state index is -0.109. The largest absolute Gasteiger partial charge is 0.393 e. The molecule has 3 N–H and O–H groups in total. The molecule has 68 valence electrons. The number of nitrogens with zero attached hydrogens (tertiary/aromatic N) is 1. The Hall–Kier alpha value is -1.19. The fraction of sp³-hybridized carbons (Fsp3) is 0.625. The lowest BCUT2D eigenvalue weighted by Gasteiger charge is -2.07. The van der Waals surface area contributed by atoms with Gasteiger partial charge in [0, 0.05) is 0 Å². The van der Waals surface area contributed by atoms with Gasteiger partial charge in [0.15, 0.2) is 0 Å². The van der Waals surface area contributed by atoms with E-state index in [2.05, 4.69) is 5.10 Å². The third-order valence-corrected chi connectivity index (χ3v) is 2.17. The van der Waals surface area contributed by atoms with Crippen LogP contribution in [0.5, 0.6) is 0 Å². The van der Waals surface area contributed by atoms with Crippen LogP contribution in [0.1, 0.15) is 32.0 Å². The molecule has 0 aliphatic carbocycles. The zero-order valence-electron chi connectivity index (χ0n) is 7.72. The standard InChI is InChI=1S/C8H15N3O/c1-4-5(2)11-8(12)7(9)6(3)10-11/h5,10H,4,9H2,1-3H3. The van der Waals surface area contributed by atoms with Crippen molar-refractivity contribution in [3.8, 4) is 0 Å². The highest BCUT2D eigenvalue weighted by molar-refractivity contribution is 5.39. The van der Waals surface area contributed by atoms with Crippen LogP contribution in [0, 0.1) is 6.92 Å². The molecule has 0 aliphatic heterocycles. The molecule has 12 heavy (non-hydrogen) atoms. The van der Waals surface area contributed by atoms with Gasteiger partial charge in [0.05, 0.1) is 11.7 Å². The molecule has 0 saturated heterocycles. The molecule has 1 rings (SSSR count). The SMILES string of the molecule is CCC(C)n1[nH]c(C)c(N)c1=O. The number of nitrogens with one attached hydrogen (secondary N) is 1. The Balaban J connectivity index is 3.18. The molecule has 0 spiro atoms. The molecule has 4 heteroatoms. The average Bonchev–Trinajstić information content (AvgIpc) is 2.32. The van der Waals surface area contributed by atoms with Crippen LogP contribution < -0.4 is 11.3 Å². The Kier molecular flexibility index (Phi) is 2.26. The van der Waals surface area contributed by atoms with Crippen molar-refractivity contribution in [1.82, 2.24) is 9.78 Å². The van der Waals surface area contributed by atoms with E-state index in [1.165, 1.54) is 0 Å². The number of H-pyrrole nitrogens is 1. The molecule has 4 nitrogen and oxygen atoms in total. The summed E-state index contributed by atoms with van der Waals surface area (Å²) in [5.74, 6) is 0. The van der Waals surface area contributed by atoms with Gasteiger partial charge in [0.25, 0.3) is 5.56 Å². The number of rotatable bonds is 2. The van der Waals surface area contributed by atoms with Crippen molar-refractivity contribution in [3.63, 3.8) is 0 Å². The van der Waals surface area contributed by atoms with Crippen LogP contribution in [-0.2, 0) is 0 Å². The van der Waals surface area contributed by atoms with Crippen LogP contribution in [0.15, 0.2) is 4.79 Å². The number of aromatic nitrogens is 2. The predicted octanol–water partition coefficient (Wildman–Crippen LogP) is 1.04. The maximum absolute atomic E-state index is 11.4. The summed E-state index contributed by atoms with van der Waals surface area (Å²) in [7, 11) is 0. The minimum Gasteiger partial charge on any atom is -0.393 e. The Labute approximate surface area is 71.4 Å². The Morgan fingerprint density at radius 3 is 2.58 bits per heavy atom. The van der Waals surface area contributed by atoms with Crippen molar-refractivity contribution in [2.24, 2.45) is 0 Å². The van der Waals surface area contributed by atoms with Gasteiger partial charge in [-0.25, -0.2) is 4.68 Å². The Morgan fingerprint density at radius 1 is 1.67 bits per heavy atom. The van der Waals surface area contributed by atoms with Gasteiger partial charge in [-0.1, -0.05) is 6.92 Å². The number of nitrogens with two attached hydrogens (primary N) is 1. The van der Waals surface area contributed by atoms with E-state index in [1.54, 1.807) is 11.6 Å². The summed E-state index contributed by atoms with van der Waals surface area (Å²) in [6.07, 6.45) is 0.916. The molecule has 1 aromatic heterocycles. The summed E-state index contributed by atoms with van der Waals surface area (Å²) in [6.45, 7) is 5.82. The molecule has 0 radical (unpaired) electrons. The van der Waals surface area contributed by atoms with Gasteiger partial charge >= 0.3 is 0 Å². The molecule has 0 aromatic carbocycles. The molecule has 0 aliphatic rings. The first-order valence-corrected chi connectivity index (χ1v) is 4.14. The van der Waals surface area contributed by atoms with Crippen LogP contribution >= 0.6 is 0 Å². The van der Waals surface area contributed by atoms with Crippen LogP contribution in [0.4, 0.5) is 5.69 Å². The van der Waals surface area contributed by atoms with Crippen molar-refractivity contribution in [2.45, 2.75) is 33.2 Å². The summed E-state index contributed by atoms with van der Waals surface area (Å²) in [4.78, 5) is 11.4. The fourth-order valence-electron chi connectivity index (χ4n) is 1.07. The number of hydrogen-bond donors (Lipinski definition) is 2. The molecular weight excluding hydrogens is 154 g/mol. The third-order valence-electron chi connectivity index (χ3n) is 2.17.